The minimum absolute atomic E-state index is 0.376. The van der Waals surface area contributed by atoms with Crippen molar-refractivity contribution < 1.29 is 19.9 Å². The van der Waals surface area contributed by atoms with E-state index in [0.717, 1.165) is 19.3 Å². The quantitative estimate of drug-likeness (QED) is 0.406. The van der Waals surface area contributed by atoms with Gasteiger partial charge in [-0.25, -0.2) is 14.7 Å². The lowest BCUT2D eigenvalue weighted by atomic mass is 9.94. The van der Waals surface area contributed by atoms with Crippen LogP contribution in [0.3, 0.4) is 0 Å². The van der Waals surface area contributed by atoms with E-state index < -0.39 is 0 Å². The highest BCUT2D eigenvalue weighted by Crippen LogP contribution is 2.37. The zero-order chi connectivity index (χ0) is 10.4. The van der Waals surface area contributed by atoms with E-state index in [1.54, 1.807) is 0 Å². The molecule has 0 aromatic heterocycles. The standard InChI is InChI=1S/C10H18O4/c1-8-5-9(3-4-13-11)10(6-8)7-14-12-2/h9-11H,1,3-7H2,2H3. The van der Waals surface area contributed by atoms with Gasteiger partial charge in [0, 0.05) is 0 Å². The van der Waals surface area contributed by atoms with Gasteiger partial charge in [-0.2, -0.15) is 0 Å². The zero-order valence-electron chi connectivity index (χ0n) is 8.57. The van der Waals surface area contributed by atoms with Gasteiger partial charge < -0.3 is 0 Å². The Hall–Kier alpha value is -0.420. The Morgan fingerprint density at radius 3 is 2.79 bits per heavy atom. The first-order chi connectivity index (χ1) is 6.77. The van der Waals surface area contributed by atoms with E-state index in [4.69, 9.17) is 10.1 Å². The molecule has 0 amide bonds. The van der Waals surface area contributed by atoms with E-state index in [0.29, 0.717) is 25.0 Å². The Balaban J connectivity index is 2.33. The van der Waals surface area contributed by atoms with Gasteiger partial charge in [0.25, 0.3) is 0 Å². The Kier molecular flexibility index (Phi) is 5.11. The second-order valence-corrected chi connectivity index (χ2v) is 3.75. The summed E-state index contributed by atoms with van der Waals surface area (Å²) in [5, 5.41) is 8.28. The van der Waals surface area contributed by atoms with Gasteiger partial charge >= 0.3 is 0 Å². The monoisotopic (exact) mass is 202 g/mol. The molecule has 2 atom stereocenters. The van der Waals surface area contributed by atoms with Crippen LogP contribution in [0.4, 0.5) is 0 Å². The average molecular weight is 202 g/mol. The predicted octanol–water partition coefficient (Wildman–Crippen LogP) is 2.03. The van der Waals surface area contributed by atoms with Crippen molar-refractivity contribution in [1.29, 1.82) is 0 Å². The van der Waals surface area contributed by atoms with E-state index in [2.05, 4.69) is 16.4 Å². The van der Waals surface area contributed by atoms with Crippen molar-refractivity contribution in [2.24, 2.45) is 11.8 Å². The van der Waals surface area contributed by atoms with Crippen LogP contribution in [-0.4, -0.2) is 25.6 Å². The molecule has 0 heterocycles. The molecular weight excluding hydrogens is 184 g/mol. The third-order valence-corrected chi connectivity index (χ3v) is 2.75. The lowest BCUT2D eigenvalue weighted by Gasteiger charge is -2.16. The van der Waals surface area contributed by atoms with E-state index in [9.17, 15) is 0 Å². The minimum Gasteiger partial charge on any atom is -0.252 e. The number of hydrogen-bond acceptors (Lipinski definition) is 4. The first-order valence-corrected chi connectivity index (χ1v) is 4.86. The fourth-order valence-corrected chi connectivity index (χ4v) is 2.05. The summed E-state index contributed by atoms with van der Waals surface area (Å²) in [6.45, 7) is 4.94. The van der Waals surface area contributed by atoms with E-state index in [1.807, 2.05) is 0 Å². The molecule has 1 saturated carbocycles. The molecular formula is C10H18O4. The summed E-state index contributed by atoms with van der Waals surface area (Å²) >= 11 is 0. The van der Waals surface area contributed by atoms with Crippen molar-refractivity contribution in [2.75, 3.05) is 20.3 Å². The molecule has 1 aliphatic rings. The molecule has 4 heteroatoms. The number of rotatable bonds is 6. The van der Waals surface area contributed by atoms with Crippen LogP contribution in [0.15, 0.2) is 12.2 Å². The molecule has 4 nitrogen and oxygen atoms in total. The minimum atomic E-state index is 0.376. The van der Waals surface area contributed by atoms with Crippen LogP contribution >= 0.6 is 0 Å². The van der Waals surface area contributed by atoms with Gasteiger partial charge in [-0.05, 0) is 31.1 Å². The molecule has 0 radical (unpaired) electrons. The Labute approximate surface area is 84.3 Å². The van der Waals surface area contributed by atoms with Crippen LogP contribution in [0.2, 0.25) is 0 Å². The number of hydrogen-bond donors (Lipinski definition) is 1. The highest BCUT2D eigenvalue weighted by atomic mass is 17.2. The summed E-state index contributed by atoms with van der Waals surface area (Å²) in [6.07, 6.45) is 2.83. The Morgan fingerprint density at radius 1 is 1.43 bits per heavy atom. The van der Waals surface area contributed by atoms with Gasteiger partial charge in [0.2, 0.25) is 0 Å². The van der Waals surface area contributed by atoms with Crippen LogP contribution in [0.1, 0.15) is 19.3 Å². The van der Waals surface area contributed by atoms with Crippen molar-refractivity contribution in [2.45, 2.75) is 19.3 Å². The SMILES string of the molecule is C=C1CC(CCOO)C(COOC)C1. The molecule has 1 rings (SSSR count). The highest BCUT2D eigenvalue weighted by Gasteiger charge is 2.29. The molecule has 1 aliphatic carbocycles. The summed E-state index contributed by atoms with van der Waals surface area (Å²) in [6, 6.07) is 0. The van der Waals surface area contributed by atoms with Crippen molar-refractivity contribution in [3.63, 3.8) is 0 Å². The first-order valence-electron chi connectivity index (χ1n) is 4.86. The van der Waals surface area contributed by atoms with E-state index in [1.165, 1.54) is 12.7 Å². The van der Waals surface area contributed by atoms with Crippen LogP contribution in [-0.2, 0) is 14.7 Å². The van der Waals surface area contributed by atoms with Gasteiger partial charge in [0.05, 0.1) is 20.3 Å². The van der Waals surface area contributed by atoms with Crippen LogP contribution < -0.4 is 0 Å². The van der Waals surface area contributed by atoms with E-state index >= 15 is 0 Å². The first kappa shape index (κ1) is 11.7. The van der Waals surface area contributed by atoms with Crippen LogP contribution in [0, 0.1) is 11.8 Å². The van der Waals surface area contributed by atoms with Gasteiger partial charge in [-0.15, -0.1) is 0 Å². The lowest BCUT2D eigenvalue weighted by molar-refractivity contribution is -0.282. The zero-order valence-corrected chi connectivity index (χ0v) is 8.57. The Bertz CT molecular complexity index is 163. The molecule has 14 heavy (non-hydrogen) atoms. The summed E-state index contributed by atoms with van der Waals surface area (Å²) in [7, 11) is 1.51. The smallest absolute Gasteiger partial charge is 0.0856 e. The summed E-state index contributed by atoms with van der Waals surface area (Å²) in [5.74, 6) is 0.933. The van der Waals surface area contributed by atoms with E-state index in [-0.39, 0.29) is 0 Å². The third kappa shape index (κ3) is 3.38. The molecule has 0 aromatic rings. The molecule has 0 bridgehead atoms. The van der Waals surface area contributed by atoms with Crippen molar-refractivity contribution in [3.05, 3.63) is 12.2 Å². The van der Waals surface area contributed by atoms with Gasteiger partial charge in [-0.3, -0.25) is 5.26 Å². The predicted molar refractivity (Wildman–Crippen MR) is 51.5 cm³/mol. The molecule has 0 aromatic carbocycles. The molecule has 0 saturated heterocycles. The fraction of sp³-hybridized carbons (Fsp3) is 0.800. The molecule has 82 valence electrons. The maximum Gasteiger partial charge on any atom is 0.0856 e. The summed E-state index contributed by atoms with van der Waals surface area (Å²) in [4.78, 5) is 13.6. The molecule has 0 spiro atoms. The largest absolute Gasteiger partial charge is 0.252 e. The summed E-state index contributed by atoms with van der Waals surface area (Å²) in [5.41, 5.74) is 1.25. The van der Waals surface area contributed by atoms with Crippen molar-refractivity contribution >= 4 is 0 Å². The number of allylic oxidation sites excluding steroid dienone is 1. The van der Waals surface area contributed by atoms with Crippen molar-refractivity contribution in [3.8, 4) is 0 Å². The highest BCUT2D eigenvalue weighted by molar-refractivity contribution is 5.05. The second-order valence-electron chi connectivity index (χ2n) is 3.75. The van der Waals surface area contributed by atoms with Gasteiger partial charge in [-0.1, -0.05) is 12.2 Å². The lowest BCUT2D eigenvalue weighted by Crippen LogP contribution is -2.16. The third-order valence-electron chi connectivity index (χ3n) is 2.75. The summed E-state index contributed by atoms with van der Waals surface area (Å²) < 4.78 is 0. The van der Waals surface area contributed by atoms with Crippen LogP contribution in [0.25, 0.3) is 0 Å². The maximum absolute atomic E-state index is 8.28. The second kappa shape index (κ2) is 6.14. The van der Waals surface area contributed by atoms with Crippen molar-refractivity contribution in [1.82, 2.24) is 0 Å². The average Bonchev–Trinajstić information content (AvgIpc) is 2.52. The van der Waals surface area contributed by atoms with Crippen LogP contribution in [0.5, 0.6) is 0 Å². The molecule has 1 N–H and O–H groups in total. The normalized spacial score (nSPS) is 27.1. The maximum atomic E-state index is 8.28. The molecule has 2 unspecified atom stereocenters. The molecule has 0 aliphatic heterocycles. The Morgan fingerprint density at radius 2 is 2.14 bits per heavy atom. The fourth-order valence-electron chi connectivity index (χ4n) is 2.05. The van der Waals surface area contributed by atoms with Gasteiger partial charge in [0.15, 0.2) is 0 Å². The molecule has 1 fully saturated rings. The topological polar surface area (TPSA) is 47.9 Å². The van der Waals surface area contributed by atoms with Gasteiger partial charge in [0.1, 0.15) is 0 Å².